The molecule has 0 radical (unpaired) electrons. The van der Waals surface area contributed by atoms with Crippen LogP contribution in [0, 0.1) is 0 Å². The summed E-state index contributed by atoms with van der Waals surface area (Å²) in [6, 6.07) is 11.7. The molecule has 0 aliphatic rings. The van der Waals surface area contributed by atoms with E-state index in [4.69, 9.17) is 9.47 Å². The average Bonchev–Trinajstić information content (AvgIpc) is 2.71. The van der Waals surface area contributed by atoms with Crippen LogP contribution in [0.5, 0.6) is 5.75 Å². The third-order valence-electron chi connectivity index (χ3n) is 4.19. The normalized spacial score (nSPS) is 10.4. The Hall–Kier alpha value is -3.35. The van der Waals surface area contributed by atoms with Gasteiger partial charge in [0.1, 0.15) is 12.4 Å². The highest BCUT2D eigenvalue weighted by Gasteiger charge is 2.12. The monoisotopic (exact) mass is 412 g/mol. The molecule has 30 heavy (non-hydrogen) atoms. The molecule has 0 unspecified atom stereocenters. The number of rotatable bonds is 9. The Kier molecular flexibility index (Phi) is 8.41. The van der Waals surface area contributed by atoms with Crippen molar-refractivity contribution in [3.63, 3.8) is 0 Å². The van der Waals surface area contributed by atoms with E-state index in [0.29, 0.717) is 35.6 Å². The predicted molar refractivity (Wildman–Crippen MR) is 114 cm³/mol. The van der Waals surface area contributed by atoms with Crippen LogP contribution >= 0.6 is 0 Å². The number of carbonyl (C=O) groups excluding carboxylic acids is 3. The lowest BCUT2D eigenvalue weighted by Crippen LogP contribution is -2.39. The molecule has 0 fully saturated rings. The number of carbonyl (C=O) groups is 3. The molecule has 7 heteroatoms. The lowest BCUT2D eigenvalue weighted by molar-refractivity contribution is 0.0469. The summed E-state index contributed by atoms with van der Waals surface area (Å²) in [5.74, 6) is 0.0241. The van der Waals surface area contributed by atoms with E-state index >= 15 is 0 Å². The molecule has 2 N–H and O–H groups in total. The van der Waals surface area contributed by atoms with Crippen molar-refractivity contribution < 1.29 is 23.9 Å². The molecule has 7 nitrogen and oxygen atoms in total. The summed E-state index contributed by atoms with van der Waals surface area (Å²) < 4.78 is 11.0. The lowest BCUT2D eigenvalue weighted by Gasteiger charge is -2.12. The fraction of sp³-hybridized carbons (Fsp3) is 0.348. The zero-order valence-corrected chi connectivity index (χ0v) is 17.8. The standard InChI is InChI=1S/C23H28N2O5/c1-5-29-21-11-10-19(16(4)26)12-20(21)14-30-22(27)18-8-6-17(7-9-18)13-24-23(28)25-15(2)3/h6-12,15H,5,13-14H2,1-4H3,(H2,24,25,28). The Morgan fingerprint density at radius 1 is 1.00 bits per heavy atom. The van der Waals surface area contributed by atoms with Gasteiger partial charge in [-0.3, -0.25) is 4.79 Å². The van der Waals surface area contributed by atoms with Crippen LogP contribution in [0.15, 0.2) is 42.5 Å². The van der Waals surface area contributed by atoms with Gasteiger partial charge in [0.25, 0.3) is 0 Å². The zero-order valence-electron chi connectivity index (χ0n) is 17.8. The van der Waals surface area contributed by atoms with Crippen molar-refractivity contribution in [1.29, 1.82) is 0 Å². The summed E-state index contributed by atoms with van der Waals surface area (Å²) >= 11 is 0. The second-order valence-corrected chi connectivity index (χ2v) is 7.07. The summed E-state index contributed by atoms with van der Waals surface area (Å²) in [7, 11) is 0. The molecule has 0 spiro atoms. The van der Waals surface area contributed by atoms with Crippen LogP contribution in [0.4, 0.5) is 4.79 Å². The van der Waals surface area contributed by atoms with E-state index in [-0.39, 0.29) is 24.5 Å². The van der Waals surface area contributed by atoms with Gasteiger partial charge in [-0.15, -0.1) is 0 Å². The topological polar surface area (TPSA) is 93.7 Å². The molecular weight excluding hydrogens is 384 g/mol. The van der Waals surface area contributed by atoms with Crippen LogP contribution in [-0.2, 0) is 17.9 Å². The Labute approximate surface area is 176 Å². The number of hydrogen-bond acceptors (Lipinski definition) is 5. The van der Waals surface area contributed by atoms with Crippen LogP contribution in [0.3, 0.4) is 0 Å². The van der Waals surface area contributed by atoms with Crippen LogP contribution < -0.4 is 15.4 Å². The highest BCUT2D eigenvalue weighted by Crippen LogP contribution is 2.22. The van der Waals surface area contributed by atoms with E-state index in [9.17, 15) is 14.4 Å². The van der Waals surface area contributed by atoms with Crippen LogP contribution in [-0.4, -0.2) is 30.4 Å². The van der Waals surface area contributed by atoms with E-state index in [0.717, 1.165) is 5.56 Å². The van der Waals surface area contributed by atoms with Crippen LogP contribution in [0.25, 0.3) is 0 Å². The van der Waals surface area contributed by atoms with Crippen molar-refractivity contribution in [3.8, 4) is 5.75 Å². The second-order valence-electron chi connectivity index (χ2n) is 7.07. The van der Waals surface area contributed by atoms with E-state index in [2.05, 4.69) is 10.6 Å². The minimum absolute atomic E-state index is 0.00599. The van der Waals surface area contributed by atoms with Gasteiger partial charge in [-0.25, -0.2) is 9.59 Å². The highest BCUT2D eigenvalue weighted by molar-refractivity contribution is 5.94. The number of ether oxygens (including phenoxy) is 2. The van der Waals surface area contributed by atoms with Gasteiger partial charge in [-0.1, -0.05) is 12.1 Å². The molecule has 2 aromatic carbocycles. The Balaban J connectivity index is 1.97. The largest absolute Gasteiger partial charge is 0.493 e. The van der Waals surface area contributed by atoms with Crippen molar-refractivity contribution in [2.75, 3.05) is 6.61 Å². The smallest absolute Gasteiger partial charge is 0.338 e. The van der Waals surface area contributed by atoms with E-state index in [1.54, 1.807) is 42.5 Å². The molecule has 2 aromatic rings. The van der Waals surface area contributed by atoms with Crippen molar-refractivity contribution in [2.24, 2.45) is 0 Å². The first kappa shape index (κ1) is 22.9. The van der Waals surface area contributed by atoms with Gasteiger partial charge < -0.3 is 20.1 Å². The number of ketones is 1. The number of esters is 1. The van der Waals surface area contributed by atoms with Gasteiger partial charge in [0, 0.05) is 23.7 Å². The number of nitrogens with one attached hydrogen (secondary N) is 2. The minimum atomic E-state index is -0.484. The Morgan fingerprint density at radius 3 is 2.27 bits per heavy atom. The molecule has 160 valence electrons. The van der Waals surface area contributed by atoms with Gasteiger partial charge in [-0.05, 0) is 63.6 Å². The number of amides is 2. The van der Waals surface area contributed by atoms with Crippen molar-refractivity contribution in [3.05, 3.63) is 64.7 Å². The van der Waals surface area contributed by atoms with Gasteiger partial charge in [-0.2, -0.15) is 0 Å². The fourth-order valence-electron chi connectivity index (χ4n) is 2.69. The maximum absolute atomic E-state index is 12.4. The van der Waals surface area contributed by atoms with Crippen LogP contribution in [0.2, 0.25) is 0 Å². The minimum Gasteiger partial charge on any atom is -0.493 e. The summed E-state index contributed by atoms with van der Waals surface area (Å²) in [6.45, 7) is 7.91. The number of urea groups is 1. The third-order valence-corrected chi connectivity index (χ3v) is 4.19. The molecule has 0 heterocycles. The molecule has 0 saturated heterocycles. The zero-order chi connectivity index (χ0) is 22.1. The molecule has 2 amide bonds. The number of benzene rings is 2. The first-order chi connectivity index (χ1) is 14.3. The van der Waals surface area contributed by atoms with Gasteiger partial charge in [0.2, 0.25) is 0 Å². The van der Waals surface area contributed by atoms with Crippen molar-refractivity contribution in [1.82, 2.24) is 10.6 Å². The maximum atomic E-state index is 12.4. The van der Waals surface area contributed by atoms with Crippen molar-refractivity contribution in [2.45, 2.75) is 46.9 Å². The number of Topliss-reactive ketones (excluding diaryl/α,β-unsaturated/α-hetero) is 1. The number of hydrogen-bond donors (Lipinski definition) is 2. The second kappa shape index (κ2) is 11.0. The first-order valence-electron chi connectivity index (χ1n) is 9.87. The van der Waals surface area contributed by atoms with E-state index in [1.807, 2.05) is 20.8 Å². The quantitative estimate of drug-likeness (QED) is 0.482. The van der Waals surface area contributed by atoms with E-state index < -0.39 is 5.97 Å². The van der Waals surface area contributed by atoms with Gasteiger partial charge >= 0.3 is 12.0 Å². The first-order valence-corrected chi connectivity index (χ1v) is 9.87. The molecule has 0 aliphatic heterocycles. The molecular formula is C23H28N2O5. The fourth-order valence-corrected chi connectivity index (χ4v) is 2.69. The SMILES string of the molecule is CCOc1ccc(C(C)=O)cc1COC(=O)c1ccc(CNC(=O)NC(C)C)cc1. The molecule has 0 aromatic heterocycles. The van der Waals surface area contributed by atoms with Gasteiger partial charge in [0.15, 0.2) is 5.78 Å². The average molecular weight is 412 g/mol. The van der Waals surface area contributed by atoms with Crippen molar-refractivity contribution >= 4 is 17.8 Å². The third kappa shape index (κ3) is 6.92. The predicted octanol–water partition coefficient (Wildman–Crippen LogP) is 3.85. The lowest BCUT2D eigenvalue weighted by atomic mass is 10.1. The summed E-state index contributed by atoms with van der Waals surface area (Å²) in [4.78, 5) is 35.7. The van der Waals surface area contributed by atoms with E-state index in [1.165, 1.54) is 6.92 Å². The maximum Gasteiger partial charge on any atom is 0.338 e. The molecule has 0 aliphatic carbocycles. The Morgan fingerprint density at radius 2 is 1.67 bits per heavy atom. The summed E-state index contributed by atoms with van der Waals surface area (Å²) in [5.41, 5.74) is 2.42. The highest BCUT2D eigenvalue weighted by atomic mass is 16.5. The molecule has 0 bridgehead atoms. The molecule has 0 saturated carbocycles. The summed E-state index contributed by atoms with van der Waals surface area (Å²) in [5, 5.41) is 5.49. The molecule has 2 rings (SSSR count). The summed E-state index contributed by atoms with van der Waals surface area (Å²) in [6.07, 6.45) is 0. The Bertz CT molecular complexity index is 891. The molecule has 0 atom stereocenters. The van der Waals surface area contributed by atoms with Gasteiger partial charge in [0.05, 0.1) is 12.2 Å². The van der Waals surface area contributed by atoms with Crippen LogP contribution in [0.1, 0.15) is 59.5 Å².